The Morgan fingerprint density at radius 3 is 1.66 bits per heavy atom. The summed E-state index contributed by atoms with van der Waals surface area (Å²) in [4.78, 5) is 68.6. The predicted molar refractivity (Wildman–Crippen MR) is 273 cm³/mol. The summed E-state index contributed by atoms with van der Waals surface area (Å²) in [7, 11) is 1.44. The Morgan fingerprint density at radius 1 is 0.746 bits per heavy atom. The number of hydrogen-bond donors (Lipinski definition) is 4. The summed E-state index contributed by atoms with van der Waals surface area (Å²) in [5.74, 6) is -2.78. The number of aromatic nitrogens is 1. The topological polar surface area (TPSA) is 183 Å². The van der Waals surface area contributed by atoms with Gasteiger partial charge in [-0.25, -0.2) is 14.6 Å². The Labute approximate surface area is 418 Å². The highest BCUT2D eigenvalue weighted by Crippen LogP contribution is 2.44. The third-order valence-electron chi connectivity index (χ3n) is 12.3. The second kappa shape index (κ2) is 21.3. The van der Waals surface area contributed by atoms with Crippen LogP contribution in [0.2, 0.25) is 0 Å². The number of nitrogens with one attached hydrogen (secondary N) is 2. The number of carbonyl (C=O) groups is 4. The quantitative estimate of drug-likeness (QED) is 0.0283. The Kier molecular flexibility index (Phi) is 14.4. The van der Waals surface area contributed by atoms with E-state index in [2.05, 4.69) is 10.6 Å². The first kappa shape index (κ1) is 48.0. The number of aliphatic hydroxyl groups excluding tert-OH is 1. The Bertz CT molecular complexity index is 2860. The molecule has 0 bridgehead atoms. The van der Waals surface area contributed by atoms with Gasteiger partial charge < -0.3 is 35.3 Å². The maximum absolute atomic E-state index is 15.1. The lowest BCUT2D eigenvalue weighted by molar-refractivity contribution is -0.150. The van der Waals surface area contributed by atoms with Gasteiger partial charge in [-0.3, -0.25) is 14.5 Å². The number of carboxylic acids is 1. The van der Waals surface area contributed by atoms with Gasteiger partial charge in [0.05, 0.1) is 6.61 Å². The lowest BCUT2D eigenvalue weighted by atomic mass is 9.77. The molecule has 3 heterocycles. The van der Waals surface area contributed by atoms with Crippen molar-refractivity contribution in [2.24, 2.45) is 5.16 Å². The molecular formula is C55H48N6O8S2. The van der Waals surface area contributed by atoms with Crippen LogP contribution in [0.15, 0.2) is 204 Å². The molecule has 2 atom stereocenters. The molecule has 71 heavy (non-hydrogen) atoms. The monoisotopic (exact) mass is 984 g/mol. The number of carboxylic acid groups (broad SMARTS) is 1. The van der Waals surface area contributed by atoms with Crippen LogP contribution in [-0.4, -0.2) is 98.6 Å². The van der Waals surface area contributed by atoms with E-state index in [0.29, 0.717) is 5.13 Å². The molecule has 0 spiro atoms. The number of ether oxygens (including phenoxy) is 1. The summed E-state index contributed by atoms with van der Waals surface area (Å²) in [6, 6.07) is 57.5. The number of oxime groups is 1. The fraction of sp³-hybridized carbons (Fsp3) is 0.164. The van der Waals surface area contributed by atoms with Crippen LogP contribution < -0.4 is 10.6 Å². The Balaban J connectivity index is 1.12. The molecule has 0 aliphatic carbocycles. The average molecular weight is 985 g/mol. The van der Waals surface area contributed by atoms with E-state index in [0.717, 1.165) is 43.2 Å². The lowest BCUT2D eigenvalue weighted by Crippen LogP contribution is -2.71. The number of hydrogen-bond acceptors (Lipinski definition) is 12. The highest BCUT2D eigenvalue weighted by molar-refractivity contribution is 8.00. The van der Waals surface area contributed by atoms with E-state index in [9.17, 15) is 24.6 Å². The second-order valence-electron chi connectivity index (χ2n) is 16.6. The standard InChI is InChI=1S/C55H48N6O8S2/c1-60(32-33-62)53(67)68-34-37-35-70-50-46(49(64)61(50)47(37)51(65)66)57-48(63)45(59-69-55(41-26-14-5-15-27-41,42-28-16-6-17-29-42)43-30-18-7-19-31-43)44-36-71-52(56-44)58-54(38-20-8-2-9-21-38,39-22-10-3-11-23-39)40-24-12-4-13-25-40/h2-31,36,46,50,62H,32-35H2,1H3,(H,56,58)(H,57,63)(H,65,66)/b59-45-/t46?,50-/m1/s1. The Hall–Kier alpha value is -8.05. The fourth-order valence-corrected chi connectivity index (χ4v) is 11.0. The average Bonchev–Trinajstić information content (AvgIpc) is 3.89. The first-order valence-electron chi connectivity index (χ1n) is 22.7. The molecule has 1 aromatic heterocycles. The van der Waals surface area contributed by atoms with E-state index >= 15 is 4.79 Å². The van der Waals surface area contributed by atoms with Crippen molar-refractivity contribution in [3.05, 3.63) is 238 Å². The number of aliphatic carboxylic acids is 1. The van der Waals surface area contributed by atoms with Crippen molar-refractivity contribution in [3.63, 3.8) is 0 Å². The van der Waals surface area contributed by atoms with Crippen molar-refractivity contribution in [2.45, 2.75) is 22.6 Å². The van der Waals surface area contributed by atoms with E-state index in [1.807, 2.05) is 182 Å². The molecular weight excluding hydrogens is 937 g/mol. The normalized spacial score (nSPS) is 15.8. The molecule has 14 nitrogen and oxygen atoms in total. The molecule has 3 amide bonds. The van der Waals surface area contributed by atoms with Crippen LogP contribution >= 0.6 is 23.1 Å². The zero-order valence-electron chi connectivity index (χ0n) is 38.3. The SMILES string of the molecule is CN(CCO)C(=O)OCC1=C(C(=O)O)N2C(=O)C(NC(=O)/C(=N\OC(c3ccccc3)(c3ccccc3)c3ccccc3)c3csc(NC(c4ccccc4)(c4ccccc4)c4ccccc4)n3)[C@H]2SC1. The molecule has 7 aromatic rings. The summed E-state index contributed by atoms with van der Waals surface area (Å²) in [5.41, 5.74) is 2.39. The second-order valence-corrected chi connectivity index (χ2v) is 18.6. The molecule has 1 saturated heterocycles. The third-order valence-corrected chi connectivity index (χ3v) is 14.4. The summed E-state index contributed by atoms with van der Waals surface area (Å²) in [5, 5.41) is 32.3. The van der Waals surface area contributed by atoms with Crippen LogP contribution in [0.25, 0.3) is 0 Å². The van der Waals surface area contributed by atoms with Gasteiger partial charge in [0.25, 0.3) is 11.8 Å². The van der Waals surface area contributed by atoms with Gasteiger partial charge in [-0.05, 0) is 16.7 Å². The molecule has 9 rings (SSSR count). The molecule has 0 radical (unpaired) electrons. The molecule has 1 fully saturated rings. The van der Waals surface area contributed by atoms with Gasteiger partial charge in [-0.15, -0.1) is 23.1 Å². The number of fused-ring (bicyclic) bond motifs is 1. The smallest absolute Gasteiger partial charge is 0.409 e. The van der Waals surface area contributed by atoms with Crippen LogP contribution in [0, 0.1) is 0 Å². The highest BCUT2D eigenvalue weighted by atomic mass is 32.2. The number of nitrogens with zero attached hydrogens (tertiary/aromatic N) is 4. The van der Waals surface area contributed by atoms with Gasteiger partial charge >= 0.3 is 12.1 Å². The summed E-state index contributed by atoms with van der Waals surface area (Å²) >= 11 is 2.48. The van der Waals surface area contributed by atoms with Gasteiger partial charge in [0.1, 0.15) is 35.0 Å². The van der Waals surface area contributed by atoms with Crippen LogP contribution in [-0.2, 0) is 35.1 Å². The molecule has 0 saturated carbocycles. The maximum Gasteiger partial charge on any atom is 0.409 e. The number of thioether (sulfide) groups is 1. The van der Waals surface area contributed by atoms with Gasteiger partial charge in [-0.2, -0.15) is 0 Å². The minimum Gasteiger partial charge on any atom is -0.477 e. The van der Waals surface area contributed by atoms with Crippen molar-refractivity contribution in [1.82, 2.24) is 20.1 Å². The molecule has 1 unspecified atom stereocenters. The maximum atomic E-state index is 15.1. The Morgan fingerprint density at radius 2 is 1.21 bits per heavy atom. The van der Waals surface area contributed by atoms with Crippen molar-refractivity contribution in [1.29, 1.82) is 0 Å². The first-order chi connectivity index (χ1) is 34.6. The number of carbonyl (C=O) groups excluding carboxylic acids is 3. The number of aliphatic hydroxyl groups is 1. The number of rotatable bonds is 18. The van der Waals surface area contributed by atoms with E-state index < -0.39 is 53.0 Å². The van der Waals surface area contributed by atoms with E-state index in [4.69, 9.17) is 19.7 Å². The summed E-state index contributed by atoms with van der Waals surface area (Å²) in [6.07, 6.45) is -0.764. The van der Waals surface area contributed by atoms with E-state index in [1.54, 1.807) is 5.38 Å². The zero-order valence-corrected chi connectivity index (χ0v) is 40.0. The van der Waals surface area contributed by atoms with E-state index in [-0.39, 0.29) is 41.6 Å². The number of amides is 3. The van der Waals surface area contributed by atoms with Crippen LogP contribution in [0.4, 0.5) is 9.93 Å². The minimum atomic E-state index is -1.40. The van der Waals surface area contributed by atoms with Gasteiger partial charge in [0, 0.05) is 47.0 Å². The van der Waals surface area contributed by atoms with Gasteiger partial charge in [0.15, 0.2) is 10.8 Å². The fourth-order valence-electron chi connectivity index (χ4n) is 8.88. The highest BCUT2D eigenvalue weighted by Gasteiger charge is 2.55. The predicted octanol–water partition coefficient (Wildman–Crippen LogP) is 8.06. The number of β-lactam (4-membered cyclic amide) rings is 1. The largest absolute Gasteiger partial charge is 0.477 e. The molecule has 6 aromatic carbocycles. The van der Waals surface area contributed by atoms with Gasteiger partial charge in [0.2, 0.25) is 5.60 Å². The van der Waals surface area contributed by atoms with Crippen molar-refractivity contribution < 1.29 is 39.0 Å². The zero-order chi connectivity index (χ0) is 49.4. The molecule has 358 valence electrons. The number of thiazole rings is 1. The minimum absolute atomic E-state index is 0.0170. The first-order valence-corrected chi connectivity index (χ1v) is 24.6. The van der Waals surface area contributed by atoms with E-state index in [1.165, 1.54) is 30.1 Å². The van der Waals surface area contributed by atoms with Gasteiger partial charge in [-0.1, -0.05) is 187 Å². The van der Waals surface area contributed by atoms with Crippen LogP contribution in [0.5, 0.6) is 0 Å². The van der Waals surface area contributed by atoms with Crippen LogP contribution in [0.1, 0.15) is 39.1 Å². The summed E-state index contributed by atoms with van der Waals surface area (Å²) < 4.78 is 5.34. The molecule has 4 N–H and O–H groups in total. The molecule has 2 aliphatic rings. The third kappa shape index (κ3) is 9.52. The summed E-state index contributed by atoms with van der Waals surface area (Å²) in [6.45, 7) is -0.660. The van der Waals surface area contributed by atoms with Crippen molar-refractivity contribution >= 4 is 57.8 Å². The van der Waals surface area contributed by atoms with Crippen molar-refractivity contribution in [2.75, 3.05) is 37.9 Å². The van der Waals surface area contributed by atoms with Crippen molar-refractivity contribution in [3.8, 4) is 0 Å². The lowest BCUT2D eigenvalue weighted by Gasteiger charge is -2.49. The number of benzene rings is 6. The molecule has 16 heteroatoms. The molecule has 2 aliphatic heterocycles. The number of likely N-dealkylation sites (N-methyl/N-ethyl adjacent to an activating group) is 1. The van der Waals surface area contributed by atoms with Crippen LogP contribution in [0.3, 0.4) is 0 Å². The number of anilines is 1.